The standard InChI is InChI=1S/C14H19N5O2/c1-21-12-4-2-11(3-5-12)6-8-16-14(20)13-10-19(9-7-15)18-17-13/h2-5,10H,6-9,15H2,1H3,(H,16,20). The first-order valence-electron chi connectivity index (χ1n) is 6.74. The molecule has 0 aliphatic rings. The molecule has 1 aromatic heterocycles. The van der Waals surface area contributed by atoms with E-state index >= 15 is 0 Å². The topological polar surface area (TPSA) is 95.1 Å². The fraction of sp³-hybridized carbons (Fsp3) is 0.357. The minimum absolute atomic E-state index is 0.230. The number of carbonyl (C=O) groups excluding carboxylic acids is 1. The van der Waals surface area contributed by atoms with E-state index in [2.05, 4.69) is 15.6 Å². The summed E-state index contributed by atoms with van der Waals surface area (Å²) in [6, 6.07) is 7.75. The highest BCUT2D eigenvalue weighted by Crippen LogP contribution is 2.11. The van der Waals surface area contributed by atoms with Gasteiger partial charge in [-0.15, -0.1) is 5.10 Å². The van der Waals surface area contributed by atoms with Crippen LogP contribution in [0.3, 0.4) is 0 Å². The molecule has 0 saturated carbocycles. The Labute approximate surface area is 123 Å². The van der Waals surface area contributed by atoms with E-state index in [-0.39, 0.29) is 5.91 Å². The Morgan fingerprint density at radius 2 is 2.14 bits per heavy atom. The molecule has 7 heteroatoms. The van der Waals surface area contributed by atoms with Gasteiger partial charge >= 0.3 is 0 Å². The Morgan fingerprint density at radius 1 is 1.38 bits per heavy atom. The van der Waals surface area contributed by atoms with Gasteiger partial charge in [0.25, 0.3) is 5.91 Å². The number of carbonyl (C=O) groups is 1. The molecular weight excluding hydrogens is 270 g/mol. The number of nitrogens with zero attached hydrogens (tertiary/aromatic N) is 3. The van der Waals surface area contributed by atoms with Crippen LogP contribution in [0.5, 0.6) is 5.75 Å². The maximum atomic E-state index is 11.9. The maximum absolute atomic E-state index is 11.9. The Balaban J connectivity index is 1.80. The number of methoxy groups -OCH3 is 1. The van der Waals surface area contributed by atoms with Crippen LogP contribution in [0.25, 0.3) is 0 Å². The molecular formula is C14H19N5O2. The number of amides is 1. The fourth-order valence-corrected chi connectivity index (χ4v) is 1.85. The summed E-state index contributed by atoms with van der Waals surface area (Å²) in [7, 11) is 1.63. The molecule has 0 bridgehead atoms. The highest BCUT2D eigenvalue weighted by atomic mass is 16.5. The zero-order valence-corrected chi connectivity index (χ0v) is 12.0. The van der Waals surface area contributed by atoms with Gasteiger partial charge in [-0.3, -0.25) is 9.48 Å². The summed E-state index contributed by atoms with van der Waals surface area (Å²) in [5.74, 6) is 0.589. The Bertz CT molecular complexity index is 579. The average molecular weight is 289 g/mol. The maximum Gasteiger partial charge on any atom is 0.273 e. The number of hydrogen-bond acceptors (Lipinski definition) is 5. The number of benzene rings is 1. The van der Waals surface area contributed by atoms with Gasteiger partial charge in [0.1, 0.15) is 5.75 Å². The van der Waals surface area contributed by atoms with Crippen LogP contribution in [0.1, 0.15) is 16.1 Å². The van der Waals surface area contributed by atoms with Gasteiger partial charge in [-0.25, -0.2) is 0 Å². The largest absolute Gasteiger partial charge is 0.497 e. The highest BCUT2D eigenvalue weighted by Gasteiger charge is 2.09. The van der Waals surface area contributed by atoms with E-state index in [4.69, 9.17) is 10.5 Å². The van der Waals surface area contributed by atoms with Crippen molar-refractivity contribution in [2.45, 2.75) is 13.0 Å². The van der Waals surface area contributed by atoms with Gasteiger partial charge in [0.15, 0.2) is 5.69 Å². The molecule has 21 heavy (non-hydrogen) atoms. The van der Waals surface area contributed by atoms with E-state index in [9.17, 15) is 4.79 Å². The molecule has 0 fully saturated rings. The third-order valence-corrected chi connectivity index (χ3v) is 2.99. The monoisotopic (exact) mass is 289 g/mol. The number of nitrogens with one attached hydrogen (secondary N) is 1. The van der Waals surface area contributed by atoms with Gasteiger partial charge in [0.05, 0.1) is 19.9 Å². The molecule has 0 spiro atoms. The molecule has 2 rings (SSSR count). The van der Waals surface area contributed by atoms with Crippen molar-refractivity contribution in [1.82, 2.24) is 20.3 Å². The lowest BCUT2D eigenvalue weighted by molar-refractivity contribution is 0.0949. The van der Waals surface area contributed by atoms with Gasteiger partial charge in [0.2, 0.25) is 0 Å². The van der Waals surface area contributed by atoms with Gasteiger partial charge < -0.3 is 15.8 Å². The predicted molar refractivity (Wildman–Crippen MR) is 78.1 cm³/mol. The lowest BCUT2D eigenvalue weighted by atomic mass is 10.1. The molecule has 0 aliphatic carbocycles. The highest BCUT2D eigenvalue weighted by molar-refractivity contribution is 5.91. The first-order valence-corrected chi connectivity index (χ1v) is 6.74. The Hall–Kier alpha value is -2.41. The molecule has 112 valence electrons. The summed E-state index contributed by atoms with van der Waals surface area (Å²) in [4.78, 5) is 11.9. The van der Waals surface area contributed by atoms with Crippen LogP contribution in [-0.4, -0.2) is 41.1 Å². The zero-order chi connectivity index (χ0) is 15.1. The summed E-state index contributed by atoms with van der Waals surface area (Å²) in [6.45, 7) is 1.54. The number of aromatic nitrogens is 3. The van der Waals surface area contributed by atoms with Crippen molar-refractivity contribution in [2.24, 2.45) is 5.73 Å². The summed E-state index contributed by atoms with van der Waals surface area (Å²) < 4.78 is 6.65. The van der Waals surface area contributed by atoms with Crippen molar-refractivity contribution in [2.75, 3.05) is 20.2 Å². The van der Waals surface area contributed by atoms with Crippen LogP contribution >= 0.6 is 0 Å². The molecule has 0 atom stereocenters. The van der Waals surface area contributed by atoms with Gasteiger partial charge in [-0.2, -0.15) is 0 Å². The SMILES string of the molecule is COc1ccc(CCNC(=O)c2cn(CCN)nn2)cc1. The first-order chi connectivity index (χ1) is 10.2. The van der Waals surface area contributed by atoms with Crippen molar-refractivity contribution >= 4 is 5.91 Å². The molecule has 1 amide bonds. The van der Waals surface area contributed by atoms with Gasteiger partial charge in [-0.05, 0) is 24.1 Å². The number of rotatable bonds is 7. The van der Waals surface area contributed by atoms with Crippen molar-refractivity contribution in [3.8, 4) is 5.75 Å². The van der Waals surface area contributed by atoms with Crippen LogP contribution in [-0.2, 0) is 13.0 Å². The van der Waals surface area contributed by atoms with E-state index in [1.165, 1.54) is 0 Å². The lowest BCUT2D eigenvalue weighted by Crippen LogP contribution is -2.26. The minimum atomic E-state index is -0.230. The van der Waals surface area contributed by atoms with Crippen LogP contribution < -0.4 is 15.8 Å². The second-order valence-corrected chi connectivity index (χ2v) is 4.51. The molecule has 1 heterocycles. The molecule has 0 radical (unpaired) electrons. The molecule has 7 nitrogen and oxygen atoms in total. The van der Waals surface area contributed by atoms with E-state index in [1.807, 2.05) is 24.3 Å². The van der Waals surface area contributed by atoms with Crippen molar-refractivity contribution < 1.29 is 9.53 Å². The molecule has 3 N–H and O–H groups in total. The summed E-state index contributed by atoms with van der Waals surface area (Å²) in [6.07, 6.45) is 2.34. The van der Waals surface area contributed by atoms with Gasteiger partial charge in [-0.1, -0.05) is 17.3 Å². The summed E-state index contributed by atoms with van der Waals surface area (Å²) in [5.41, 5.74) is 6.84. The Kier molecular flexibility index (Phi) is 5.28. The molecule has 2 aromatic rings. The van der Waals surface area contributed by atoms with Crippen LogP contribution in [0.4, 0.5) is 0 Å². The average Bonchev–Trinajstić information content (AvgIpc) is 2.97. The van der Waals surface area contributed by atoms with Crippen molar-refractivity contribution in [3.63, 3.8) is 0 Å². The molecule has 0 saturated heterocycles. The molecule has 0 unspecified atom stereocenters. The normalized spacial score (nSPS) is 10.4. The van der Waals surface area contributed by atoms with Crippen LogP contribution in [0.15, 0.2) is 30.5 Å². The van der Waals surface area contributed by atoms with Crippen LogP contribution in [0, 0.1) is 0 Å². The third-order valence-electron chi connectivity index (χ3n) is 2.99. The van der Waals surface area contributed by atoms with Gasteiger partial charge in [0, 0.05) is 13.1 Å². The second-order valence-electron chi connectivity index (χ2n) is 4.51. The lowest BCUT2D eigenvalue weighted by Gasteiger charge is -2.04. The van der Waals surface area contributed by atoms with Crippen LogP contribution in [0.2, 0.25) is 0 Å². The van der Waals surface area contributed by atoms with Crippen molar-refractivity contribution in [1.29, 1.82) is 0 Å². The van der Waals surface area contributed by atoms with E-state index in [0.717, 1.165) is 17.7 Å². The second kappa shape index (κ2) is 7.39. The number of nitrogens with two attached hydrogens (primary N) is 1. The van der Waals surface area contributed by atoms with E-state index < -0.39 is 0 Å². The predicted octanol–water partition coefficient (Wildman–Crippen LogP) is 0.218. The smallest absolute Gasteiger partial charge is 0.273 e. The zero-order valence-electron chi connectivity index (χ0n) is 12.0. The quantitative estimate of drug-likeness (QED) is 0.760. The number of hydrogen-bond donors (Lipinski definition) is 2. The van der Waals surface area contributed by atoms with E-state index in [1.54, 1.807) is 18.0 Å². The molecule has 1 aromatic carbocycles. The van der Waals surface area contributed by atoms with E-state index in [0.29, 0.717) is 25.3 Å². The summed E-state index contributed by atoms with van der Waals surface area (Å²) in [5, 5.41) is 10.5. The fourth-order valence-electron chi connectivity index (χ4n) is 1.85. The third kappa shape index (κ3) is 4.28. The summed E-state index contributed by atoms with van der Waals surface area (Å²) >= 11 is 0. The Morgan fingerprint density at radius 3 is 2.81 bits per heavy atom. The number of ether oxygens (including phenoxy) is 1. The van der Waals surface area contributed by atoms with Crippen molar-refractivity contribution in [3.05, 3.63) is 41.7 Å². The minimum Gasteiger partial charge on any atom is -0.497 e. The first kappa shape index (κ1) is 15.0. The molecule has 0 aliphatic heterocycles.